The lowest BCUT2D eigenvalue weighted by atomic mass is 10.2. The second kappa shape index (κ2) is 6.87. The molecule has 0 radical (unpaired) electrons. The van der Waals surface area contributed by atoms with Crippen LogP contribution < -0.4 is 10.6 Å². The Hall–Kier alpha value is -2.95. The van der Waals surface area contributed by atoms with Crippen LogP contribution in [0.4, 0.5) is 11.6 Å². The molecule has 5 heteroatoms. The Kier molecular flexibility index (Phi) is 4.47. The lowest BCUT2D eigenvalue weighted by molar-refractivity contribution is 0.877. The third-order valence-electron chi connectivity index (χ3n) is 3.45. The molecule has 2 N–H and O–H groups in total. The molecule has 116 valence electrons. The summed E-state index contributed by atoms with van der Waals surface area (Å²) in [6, 6.07) is 11.9. The Morgan fingerprint density at radius 3 is 1.70 bits per heavy atom. The highest BCUT2D eigenvalue weighted by molar-refractivity contribution is 5.45. The first-order valence-corrected chi connectivity index (χ1v) is 7.49. The van der Waals surface area contributed by atoms with Crippen molar-refractivity contribution >= 4 is 11.6 Å². The number of aryl methyl sites for hydroxylation is 2. The minimum Gasteiger partial charge on any atom is -0.346 e. The molecule has 0 saturated heterocycles. The van der Waals surface area contributed by atoms with Crippen molar-refractivity contribution in [3.63, 3.8) is 0 Å². The number of aromatic nitrogens is 3. The summed E-state index contributed by atoms with van der Waals surface area (Å²) in [4.78, 5) is 12.9. The largest absolute Gasteiger partial charge is 0.346 e. The van der Waals surface area contributed by atoms with Gasteiger partial charge in [-0.2, -0.15) is 0 Å². The van der Waals surface area contributed by atoms with E-state index in [0.29, 0.717) is 0 Å². The number of hydrogen-bond donors (Lipinski definition) is 2. The molecule has 0 unspecified atom stereocenters. The molecule has 23 heavy (non-hydrogen) atoms. The highest BCUT2D eigenvalue weighted by Crippen LogP contribution is 2.20. The fraction of sp³-hybridized carbons (Fsp3) is 0.167. The van der Waals surface area contributed by atoms with Gasteiger partial charge in [0.25, 0.3) is 0 Å². The van der Waals surface area contributed by atoms with Crippen LogP contribution in [0.25, 0.3) is 0 Å². The van der Waals surface area contributed by atoms with Gasteiger partial charge >= 0.3 is 0 Å². The first kappa shape index (κ1) is 15.0. The molecule has 0 aromatic carbocycles. The predicted octanol–water partition coefficient (Wildman–Crippen LogP) is 3.71. The first-order chi connectivity index (χ1) is 11.2. The maximum atomic E-state index is 4.41. The van der Waals surface area contributed by atoms with Crippen LogP contribution in [-0.2, 0) is 0 Å². The minimum absolute atomic E-state index is 0.150. The van der Waals surface area contributed by atoms with Gasteiger partial charge in [-0.05, 0) is 54.8 Å². The first-order valence-electron chi connectivity index (χ1n) is 7.49. The maximum Gasteiger partial charge on any atom is 0.127 e. The molecule has 0 amide bonds. The monoisotopic (exact) mass is 305 g/mol. The highest BCUT2D eigenvalue weighted by atomic mass is 15.2. The van der Waals surface area contributed by atoms with Gasteiger partial charge in [0.1, 0.15) is 17.8 Å². The van der Waals surface area contributed by atoms with Crippen LogP contribution in [0.15, 0.2) is 61.2 Å². The molecule has 3 aromatic rings. The topological polar surface area (TPSA) is 62.7 Å². The normalized spacial score (nSPS) is 10.6. The fourth-order valence-electron chi connectivity index (χ4n) is 2.16. The van der Waals surface area contributed by atoms with Gasteiger partial charge in [-0.1, -0.05) is 12.1 Å². The molecule has 3 aromatic heterocycles. The Morgan fingerprint density at radius 1 is 0.739 bits per heavy atom. The van der Waals surface area contributed by atoms with Crippen molar-refractivity contribution in [1.29, 1.82) is 0 Å². The Bertz CT molecular complexity index is 691. The van der Waals surface area contributed by atoms with Gasteiger partial charge < -0.3 is 10.6 Å². The smallest absolute Gasteiger partial charge is 0.127 e. The van der Waals surface area contributed by atoms with E-state index < -0.39 is 0 Å². The van der Waals surface area contributed by atoms with Crippen LogP contribution in [0.1, 0.15) is 22.9 Å². The van der Waals surface area contributed by atoms with E-state index in [0.717, 1.165) is 28.3 Å². The summed E-state index contributed by atoms with van der Waals surface area (Å²) >= 11 is 0. The van der Waals surface area contributed by atoms with Gasteiger partial charge in [0.2, 0.25) is 0 Å². The van der Waals surface area contributed by atoms with Crippen molar-refractivity contribution in [2.75, 3.05) is 10.6 Å². The van der Waals surface area contributed by atoms with Crippen LogP contribution in [-0.4, -0.2) is 15.0 Å². The summed E-state index contributed by atoms with van der Waals surface area (Å²) in [6.45, 7) is 4.04. The van der Waals surface area contributed by atoms with Gasteiger partial charge in [0.05, 0.1) is 0 Å². The van der Waals surface area contributed by atoms with Crippen molar-refractivity contribution in [3.8, 4) is 0 Å². The molecule has 3 heterocycles. The van der Waals surface area contributed by atoms with Crippen molar-refractivity contribution in [1.82, 2.24) is 15.0 Å². The van der Waals surface area contributed by atoms with E-state index in [4.69, 9.17) is 0 Å². The number of nitrogens with one attached hydrogen (secondary N) is 2. The van der Waals surface area contributed by atoms with E-state index in [-0.39, 0.29) is 6.17 Å². The predicted molar refractivity (Wildman–Crippen MR) is 92.2 cm³/mol. The average Bonchev–Trinajstić information content (AvgIpc) is 2.59. The van der Waals surface area contributed by atoms with E-state index in [1.54, 1.807) is 12.4 Å². The molecule has 0 atom stereocenters. The van der Waals surface area contributed by atoms with E-state index in [1.807, 2.05) is 62.6 Å². The molecule has 0 spiro atoms. The van der Waals surface area contributed by atoms with Gasteiger partial charge in [0.15, 0.2) is 0 Å². The molecule has 0 bridgehead atoms. The Labute approximate surface area is 135 Å². The molecule has 0 aliphatic rings. The van der Waals surface area contributed by atoms with Crippen molar-refractivity contribution in [2.45, 2.75) is 20.0 Å². The Morgan fingerprint density at radius 2 is 1.26 bits per heavy atom. The second-order valence-electron chi connectivity index (χ2n) is 5.44. The number of hydrogen-bond acceptors (Lipinski definition) is 5. The zero-order valence-corrected chi connectivity index (χ0v) is 13.2. The van der Waals surface area contributed by atoms with Crippen LogP contribution in [0.3, 0.4) is 0 Å². The Balaban J connectivity index is 1.84. The SMILES string of the molecule is Cc1ccc(NC(Nc2ccc(C)cn2)c2ccncc2)nc1. The third kappa shape index (κ3) is 4.03. The lowest BCUT2D eigenvalue weighted by Crippen LogP contribution is -2.21. The summed E-state index contributed by atoms with van der Waals surface area (Å²) in [5, 5.41) is 6.79. The summed E-state index contributed by atoms with van der Waals surface area (Å²) in [5.41, 5.74) is 3.32. The standard InChI is InChI=1S/C18H19N5/c1-13-3-5-16(20-11-13)22-18(15-7-9-19-10-8-15)23-17-6-4-14(2)12-21-17/h3-12,18H,1-2H3,(H,20,22)(H,21,23). The number of rotatable bonds is 5. The average molecular weight is 305 g/mol. The molecular formula is C18H19N5. The van der Waals surface area contributed by atoms with Crippen molar-refractivity contribution in [2.24, 2.45) is 0 Å². The van der Waals surface area contributed by atoms with E-state index in [9.17, 15) is 0 Å². The number of nitrogens with zero attached hydrogens (tertiary/aromatic N) is 3. The van der Waals surface area contributed by atoms with E-state index >= 15 is 0 Å². The molecule has 0 aliphatic carbocycles. The third-order valence-corrected chi connectivity index (χ3v) is 3.45. The van der Waals surface area contributed by atoms with Crippen LogP contribution >= 0.6 is 0 Å². The van der Waals surface area contributed by atoms with Crippen LogP contribution in [0, 0.1) is 13.8 Å². The molecule has 0 aliphatic heterocycles. The lowest BCUT2D eigenvalue weighted by Gasteiger charge is -2.21. The fourth-order valence-corrected chi connectivity index (χ4v) is 2.16. The molecule has 3 rings (SSSR count). The zero-order chi connectivity index (χ0) is 16.1. The van der Waals surface area contributed by atoms with Crippen LogP contribution in [0.2, 0.25) is 0 Å². The minimum atomic E-state index is -0.150. The summed E-state index contributed by atoms with van der Waals surface area (Å²) in [6.07, 6.45) is 7.09. The summed E-state index contributed by atoms with van der Waals surface area (Å²) < 4.78 is 0. The van der Waals surface area contributed by atoms with Gasteiger partial charge in [-0.3, -0.25) is 4.98 Å². The second-order valence-corrected chi connectivity index (χ2v) is 5.44. The van der Waals surface area contributed by atoms with Gasteiger partial charge in [0, 0.05) is 24.8 Å². The number of anilines is 2. The van der Waals surface area contributed by atoms with Gasteiger partial charge in [-0.25, -0.2) is 9.97 Å². The van der Waals surface area contributed by atoms with E-state index in [1.165, 1.54) is 0 Å². The molecule has 5 nitrogen and oxygen atoms in total. The van der Waals surface area contributed by atoms with Crippen molar-refractivity contribution in [3.05, 3.63) is 77.9 Å². The van der Waals surface area contributed by atoms with Crippen molar-refractivity contribution < 1.29 is 0 Å². The maximum absolute atomic E-state index is 4.41. The van der Waals surface area contributed by atoms with Crippen LogP contribution in [0.5, 0.6) is 0 Å². The molecule has 0 fully saturated rings. The summed E-state index contributed by atoms with van der Waals surface area (Å²) in [5.74, 6) is 1.61. The highest BCUT2D eigenvalue weighted by Gasteiger charge is 2.12. The zero-order valence-electron chi connectivity index (χ0n) is 13.2. The van der Waals surface area contributed by atoms with Gasteiger partial charge in [-0.15, -0.1) is 0 Å². The summed E-state index contributed by atoms with van der Waals surface area (Å²) in [7, 11) is 0. The molecule has 0 saturated carbocycles. The number of pyridine rings is 3. The van der Waals surface area contributed by atoms with E-state index in [2.05, 4.69) is 25.6 Å². The molecular weight excluding hydrogens is 286 g/mol. The quantitative estimate of drug-likeness (QED) is 0.704.